The molecular formula is C21H25N3O3S. The highest BCUT2D eigenvalue weighted by atomic mass is 32.2. The van der Waals surface area contributed by atoms with Gasteiger partial charge in [-0.2, -0.15) is 0 Å². The summed E-state index contributed by atoms with van der Waals surface area (Å²) in [5, 5.41) is 3.96. The summed E-state index contributed by atoms with van der Waals surface area (Å²) in [6.07, 6.45) is 3.72. The molecule has 0 atom stereocenters. The smallest absolute Gasteiger partial charge is 0.240 e. The second-order valence-corrected chi connectivity index (χ2v) is 8.85. The van der Waals surface area contributed by atoms with E-state index in [0.717, 1.165) is 38.2 Å². The molecule has 6 nitrogen and oxygen atoms in total. The molecule has 0 bridgehead atoms. The number of benzene rings is 2. The van der Waals surface area contributed by atoms with Crippen molar-refractivity contribution in [3.05, 3.63) is 65.4 Å². The van der Waals surface area contributed by atoms with E-state index >= 15 is 0 Å². The van der Waals surface area contributed by atoms with Gasteiger partial charge in [-0.1, -0.05) is 30.3 Å². The van der Waals surface area contributed by atoms with Crippen LogP contribution in [0.4, 0.5) is 5.69 Å². The molecule has 2 N–H and O–H groups in total. The van der Waals surface area contributed by atoms with E-state index < -0.39 is 10.0 Å². The number of aromatic nitrogens is 1. The molecule has 148 valence electrons. The number of hydrogen-bond acceptors (Lipinski definition) is 3. The molecular weight excluding hydrogens is 374 g/mol. The third kappa shape index (κ3) is 4.36. The number of carbonyl (C=O) groups excluding carboxylic acids is 1. The van der Waals surface area contributed by atoms with Crippen LogP contribution in [0.15, 0.2) is 48.7 Å². The number of rotatable bonds is 7. The Morgan fingerprint density at radius 1 is 1.11 bits per heavy atom. The van der Waals surface area contributed by atoms with Crippen molar-refractivity contribution < 1.29 is 13.2 Å². The average Bonchev–Trinajstić information content (AvgIpc) is 3.05. The lowest BCUT2D eigenvalue weighted by molar-refractivity contribution is -0.119. The summed E-state index contributed by atoms with van der Waals surface area (Å²) in [4.78, 5) is 15.6. The molecule has 0 aliphatic carbocycles. The molecule has 3 aromatic rings. The van der Waals surface area contributed by atoms with Crippen LogP contribution in [0.2, 0.25) is 0 Å². The van der Waals surface area contributed by atoms with Crippen molar-refractivity contribution in [2.75, 3.05) is 23.7 Å². The zero-order valence-corrected chi connectivity index (χ0v) is 17.1. The number of fused-ring (bicyclic) bond motifs is 1. The van der Waals surface area contributed by atoms with Gasteiger partial charge in [-0.25, -0.2) is 8.42 Å². The predicted octanol–water partition coefficient (Wildman–Crippen LogP) is 2.91. The fourth-order valence-corrected chi connectivity index (χ4v) is 4.16. The van der Waals surface area contributed by atoms with Crippen LogP contribution in [0.25, 0.3) is 10.9 Å². The van der Waals surface area contributed by atoms with Crippen molar-refractivity contribution in [1.29, 1.82) is 0 Å². The van der Waals surface area contributed by atoms with E-state index in [9.17, 15) is 13.2 Å². The third-order valence-electron chi connectivity index (χ3n) is 4.92. The lowest BCUT2D eigenvalue weighted by Gasteiger charge is -2.24. The second-order valence-electron chi connectivity index (χ2n) is 6.95. The molecule has 0 spiro atoms. The van der Waals surface area contributed by atoms with Gasteiger partial charge in [0.05, 0.1) is 11.9 Å². The van der Waals surface area contributed by atoms with Crippen molar-refractivity contribution in [3.63, 3.8) is 0 Å². The molecule has 0 fully saturated rings. The van der Waals surface area contributed by atoms with Gasteiger partial charge in [-0.15, -0.1) is 0 Å². The Hall–Kier alpha value is -2.80. The van der Waals surface area contributed by atoms with Gasteiger partial charge in [0.25, 0.3) is 0 Å². The first-order valence-corrected chi connectivity index (χ1v) is 11.0. The van der Waals surface area contributed by atoms with E-state index in [1.54, 1.807) is 12.1 Å². The van der Waals surface area contributed by atoms with Crippen LogP contribution in [0, 0.1) is 13.8 Å². The number of H-pyrrole nitrogens is 1. The molecule has 0 saturated carbocycles. The molecule has 7 heteroatoms. The van der Waals surface area contributed by atoms with E-state index in [1.165, 1.54) is 0 Å². The number of aryl methyl sites for hydroxylation is 1. The first-order valence-electron chi connectivity index (χ1n) is 9.13. The minimum absolute atomic E-state index is 0.239. The number of hydrogen-bond donors (Lipinski definition) is 2. The fraction of sp³-hybridized carbons (Fsp3) is 0.286. The van der Waals surface area contributed by atoms with Crippen molar-refractivity contribution in [2.45, 2.75) is 20.3 Å². The maximum atomic E-state index is 12.4. The number of aromatic amines is 1. The predicted molar refractivity (Wildman–Crippen MR) is 113 cm³/mol. The highest BCUT2D eigenvalue weighted by Crippen LogP contribution is 2.24. The Bertz CT molecular complexity index is 1100. The van der Waals surface area contributed by atoms with Gasteiger partial charge >= 0.3 is 0 Å². The summed E-state index contributed by atoms with van der Waals surface area (Å²) >= 11 is 0. The molecule has 28 heavy (non-hydrogen) atoms. The molecule has 1 aromatic heterocycles. The molecule has 0 radical (unpaired) electrons. The molecule has 0 aliphatic rings. The molecule has 1 heterocycles. The van der Waals surface area contributed by atoms with Crippen molar-refractivity contribution in [1.82, 2.24) is 10.3 Å². The first-order chi connectivity index (χ1) is 13.3. The zero-order valence-electron chi connectivity index (χ0n) is 16.3. The largest absolute Gasteiger partial charge is 0.361 e. The SMILES string of the molecule is Cc1cccc(N(CC(=O)NCCc2c[nH]c3ccccc23)S(C)(=O)=O)c1C. The monoisotopic (exact) mass is 399 g/mol. The Morgan fingerprint density at radius 2 is 1.86 bits per heavy atom. The standard InChI is InChI=1S/C21H25N3O3S/c1-15-7-6-10-20(16(15)2)24(28(3,26)27)14-21(25)22-12-11-17-13-23-19-9-5-4-8-18(17)19/h4-10,13,23H,11-12,14H2,1-3H3,(H,22,25). The molecule has 1 amide bonds. The van der Waals surface area contributed by atoms with Crippen LogP contribution in [0.1, 0.15) is 16.7 Å². The van der Waals surface area contributed by atoms with Crippen LogP contribution in [0.5, 0.6) is 0 Å². The molecule has 0 saturated heterocycles. The van der Waals surface area contributed by atoms with Crippen molar-refractivity contribution in [2.24, 2.45) is 0 Å². The van der Waals surface area contributed by atoms with Gasteiger partial charge in [-0.3, -0.25) is 9.10 Å². The van der Waals surface area contributed by atoms with Gasteiger partial charge in [-0.05, 0) is 49.1 Å². The summed E-state index contributed by atoms with van der Waals surface area (Å²) < 4.78 is 25.7. The van der Waals surface area contributed by atoms with Crippen LogP contribution in [-0.4, -0.2) is 38.7 Å². The first kappa shape index (κ1) is 19.9. The van der Waals surface area contributed by atoms with E-state index in [-0.39, 0.29) is 12.5 Å². The van der Waals surface area contributed by atoms with Gasteiger partial charge in [0.2, 0.25) is 15.9 Å². The summed E-state index contributed by atoms with van der Waals surface area (Å²) in [7, 11) is -3.58. The Balaban J connectivity index is 1.67. The van der Waals surface area contributed by atoms with E-state index in [0.29, 0.717) is 18.7 Å². The second kappa shape index (κ2) is 8.06. The number of nitrogens with zero attached hydrogens (tertiary/aromatic N) is 1. The maximum Gasteiger partial charge on any atom is 0.240 e. The topological polar surface area (TPSA) is 82.3 Å². The van der Waals surface area contributed by atoms with Gasteiger partial charge in [0.1, 0.15) is 6.54 Å². The molecule has 0 unspecified atom stereocenters. The van der Waals surface area contributed by atoms with Crippen LogP contribution >= 0.6 is 0 Å². The van der Waals surface area contributed by atoms with E-state index in [1.807, 2.05) is 50.4 Å². The van der Waals surface area contributed by atoms with Crippen molar-refractivity contribution >= 4 is 32.5 Å². The van der Waals surface area contributed by atoms with Crippen LogP contribution in [0.3, 0.4) is 0 Å². The quantitative estimate of drug-likeness (QED) is 0.641. The Kier molecular flexibility index (Phi) is 5.74. The normalized spacial score (nSPS) is 11.5. The number of amides is 1. The van der Waals surface area contributed by atoms with Gasteiger partial charge < -0.3 is 10.3 Å². The number of anilines is 1. The van der Waals surface area contributed by atoms with Gasteiger partial charge in [0.15, 0.2) is 0 Å². The van der Waals surface area contributed by atoms with E-state index in [2.05, 4.69) is 10.3 Å². The zero-order chi connectivity index (χ0) is 20.3. The summed E-state index contributed by atoms with van der Waals surface area (Å²) in [5.41, 5.74) is 4.53. The maximum absolute atomic E-state index is 12.4. The number of nitrogens with one attached hydrogen (secondary N) is 2. The van der Waals surface area contributed by atoms with E-state index in [4.69, 9.17) is 0 Å². The summed E-state index contributed by atoms with van der Waals surface area (Å²) in [6, 6.07) is 13.4. The van der Waals surface area contributed by atoms with Gasteiger partial charge in [0, 0.05) is 23.6 Å². The lowest BCUT2D eigenvalue weighted by Crippen LogP contribution is -2.41. The van der Waals surface area contributed by atoms with Crippen LogP contribution in [-0.2, 0) is 21.2 Å². The molecule has 3 rings (SSSR count). The summed E-state index contributed by atoms with van der Waals surface area (Å²) in [5.74, 6) is -0.328. The molecule has 2 aromatic carbocycles. The Morgan fingerprint density at radius 3 is 2.61 bits per heavy atom. The highest BCUT2D eigenvalue weighted by Gasteiger charge is 2.22. The van der Waals surface area contributed by atoms with Crippen LogP contribution < -0.4 is 9.62 Å². The average molecular weight is 400 g/mol. The minimum atomic E-state index is -3.58. The third-order valence-corrected chi connectivity index (χ3v) is 6.05. The number of para-hydroxylation sites is 1. The number of carbonyl (C=O) groups is 1. The molecule has 0 aliphatic heterocycles. The van der Waals surface area contributed by atoms with Crippen molar-refractivity contribution in [3.8, 4) is 0 Å². The Labute approximate surface area is 165 Å². The highest BCUT2D eigenvalue weighted by molar-refractivity contribution is 7.92. The summed E-state index contributed by atoms with van der Waals surface area (Å²) in [6.45, 7) is 3.97. The minimum Gasteiger partial charge on any atom is -0.361 e. The lowest BCUT2D eigenvalue weighted by atomic mass is 10.1. The fourth-order valence-electron chi connectivity index (χ4n) is 3.25. The number of sulfonamides is 1.